The molecule has 0 bridgehead atoms. The SMILES string of the molecule is CCC1C(=O)NCCN1C(=O)C=Cc1cc(Br)ccc1F. The Hall–Kier alpha value is -1.69. The van der Waals surface area contributed by atoms with Crippen molar-refractivity contribution in [3.05, 3.63) is 40.1 Å². The molecule has 1 aliphatic rings. The molecule has 112 valence electrons. The summed E-state index contributed by atoms with van der Waals surface area (Å²) < 4.78 is 14.3. The molecule has 1 heterocycles. The third kappa shape index (κ3) is 3.69. The quantitative estimate of drug-likeness (QED) is 0.847. The minimum absolute atomic E-state index is 0.140. The molecular formula is C15H16BrFN2O2. The van der Waals surface area contributed by atoms with Crippen LogP contribution in [0.25, 0.3) is 6.08 Å². The Balaban J connectivity index is 2.14. The molecule has 1 aromatic rings. The number of benzene rings is 1. The molecule has 1 saturated heterocycles. The summed E-state index contributed by atoms with van der Waals surface area (Å²) in [4.78, 5) is 25.4. The summed E-state index contributed by atoms with van der Waals surface area (Å²) in [6, 6.07) is 4.07. The van der Waals surface area contributed by atoms with E-state index in [0.717, 1.165) is 4.47 Å². The van der Waals surface area contributed by atoms with Crippen LogP contribution in [0.4, 0.5) is 4.39 Å². The van der Waals surface area contributed by atoms with Crippen LogP contribution in [0.2, 0.25) is 0 Å². The van der Waals surface area contributed by atoms with Crippen LogP contribution >= 0.6 is 15.9 Å². The fourth-order valence-corrected chi connectivity index (χ4v) is 2.66. The Labute approximate surface area is 131 Å². The van der Waals surface area contributed by atoms with Crippen molar-refractivity contribution in [1.29, 1.82) is 0 Å². The van der Waals surface area contributed by atoms with Crippen LogP contribution in [-0.4, -0.2) is 35.8 Å². The summed E-state index contributed by atoms with van der Waals surface area (Å²) in [6.45, 7) is 2.77. The predicted molar refractivity (Wildman–Crippen MR) is 81.9 cm³/mol. The lowest BCUT2D eigenvalue weighted by molar-refractivity contribution is -0.140. The Morgan fingerprint density at radius 2 is 2.33 bits per heavy atom. The summed E-state index contributed by atoms with van der Waals surface area (Å²) in [5, 5.41) is 2.74. The third-order valence-corrected chi connectivity index (χ3v) is 3.86. The monoisotopic (exact) mass is 354 g/mol. The van der Waals surface area contributed by atoms with E-state index in [1.54, 1.807) is 12.1 Å². The number of rotatable bonds is 3. The zero-order chi connectivity index (χ0) is 15.4. The van der Waals surface area contributed by atoms with Gasteiger partial charge in [-0.2, -0.15) is 0 Å². The van der Waals surface area contributed by atoms with Gasteiger partial charge in [-0.1, -0.05) is 22.9 Å². The molecule has 1 aromatic carbocycles. The highest BCUT2D eigenvalue weighted by Gasteiger charge is 2.30. The van der Waals surface area contributed by atoms with E-state index in [1.807, 2.05) is 6.92 Å². The number of piperazine rings is 1. The van der Waals surface area contributed by atoms with E-state index < -0.39 is 11.9 Å². The normalized spacial score (nSPS) is 18.9. The van der Waals surface area contributed by atoms with Crippen LogP contribution in [0.15, 0.2) is 28.7 Å². The molecule has 0 aromatic heterocycles. The van der Waals surface area contributed by atoms with Crippen molar-refractivity contribution < 1.29 is 14.0 Å². The minimum Gasteiger partial charge on any atom is -0.353 e. The maximum Gasteiger partial charge on any atom is 0.247 e. The molecule has 0 saturated carbocycles. The van der Waals surface area contributed by atoms with Gasteiger partial charge in [0.15, 0.2) is 0 Å². The van der Waals surface area contributed by atoms with E-state index >= 15 is 0 Å². The molecule has 1 fully saturated rings. The average Bonchev–Trinajstić information content (AvgIpc) is 2.47. The van der Waals surface area contributed by atoms with Gasteiger partial charge in [-0.3, -0.25) is 9.59 Å². The number of nitrogens with zero attached hydrogens (tertiary/aromatic N) is 1. The molecule has 0 spiro atoms. The van der Waals surface area contributed by atoms with Crippen LogP contribution in [0.3, 0.4) is 0 Å². The predicted octanol–water partition coefficient (Wildman–Crippen LogP) is 2.34. The van der Waals surface area contributed by atoms with Gasteiger partial charge in [-0.05, 0) is 30.7 Å². The molecule has 1 N–H and O–H groups in total. The summed E-state index contributed by atoms with van der Waals surface area (Å²) in [5.41, 5.74) is 0.326. The lowest BCUT2D eigenvalue weighted by Gasteiger charge is -2.33. The van der Waals surface area contributed by atoms with E-state index in [4.69, 9.17) is 0 Å². The van der Waals surface area contributed by atoms with E-state index in [0.29, 0.717) is 25.1 Å². The zero-order valence-corrected chi connectivity index (χ0v) is 13.2. The number of amides is 2. The summed E-state index contributed by atoms with van der Waals surface area (Å²) in [6.07, 6.45) is 3.30. The molecule has 2 amide bonds. The Bertz CT molecular complexity index is 589. The first kappa shape index (κ1) is 15.7. The first-order valence-electron chi connectivity index (χ1n) is 6.74. The van der Waals surface area contributed by atoms with Crippen LogP contribution in [0.1, 0.15) is 18.9 Å². The van der Waals surface area contributed by atoms with Crippen molar-refractivity contribution in [2.24, 2.45) is 0 Å². The smallest absolute Gasteiger partial charge is 0.247 e. The average molecular weight is 355 g/mol. The Kier molecular flexibility index (Phi) is 5.12. The third-order valence-electron chi connectivity index (χ3n) is 3.36. The second-order valence-electron chi connectivity index (χ2n) is 4.75. The molecule has 6 heteroatoms. The molecule has 4 nitrogen and oxygen atoms in total. The molecule has 2 rings (SSSR count). The van der Waals surface area contributed by atoms with E-state index in [-0.39, 0.29) is 11.8 Å². The van der Waals surface area contributed by atoms with Gasteiger partial charge < -0.3 is 10.2 Å². The number of halogens is 2. The van der Waals surface area contributed by atoms with Crippen LogP contribution < -0.4 is 5.32 Å². The van der Waals surface area contributed by atoms with E-state index in [9.17, 15) is 14.0 Å². The maximum atomic E-state index is 13.6. The van der Waals surface area contributed by atoms with Crippen molar-refractivity contribution in [2.45, 2.75) is 19.4 Å². The van der Waals surface area contributed by atoms with Crippen molar-refractivity contribution in [2.75, 3.05) is 13.1 Å². The van der Waals surface area contributed by atoms with Crippen LogP contribution in [0.5, 0.6) is 0 Å². The number of hydrogen-bond donors (Lipinski definition) is 1. The fraction of sp³-hybridized carbons (Fsp3) is 0.333. The lowest BCUT2D eigenvalue weighted by atomic mass is 10.1. The number of carbonyl (C=O) groups excluding carboxylic acids is 2. The molecule has 1 unspecified atom stereocenters. The Morgan fingerprint density at radius 1 is 1.57 bits per heavy atom. The van der Waals surface area contributed by atoms with Crippen LogP contribution in [0, 0.1) is 5.82 Å². The highest BCUT2D eigenvalue weighted by Crippen LogP contribution is 2.17. The fourth-order valence-electron chi connectivity index (χ4n) is 2.28. The zero-order valence-electron chi connectivity index (χ0n) is 11.6. The van der Waals surface area contributed by atoms with Gasteiger partial charge in [0.2, 0.25) is 11.8 Å². The molecular weight excluding hydrogens is 339 g/mol. The van der Waals surface area contributed by atoms with Gasteiger partial charge in [0.1, 0.15) is 11.9 Å². The van der Waals surface area contributed by atoms with Gasteiger partial charge in [0, 0.05) is 29.2 Å². The number of hydrogen-bond acceptors (Lipinski definition) is 2. The molecule has 0 aliphatic carbocycles. The largest absolute Gasteiger partial charge is 0.353 e. The summed E-state index contributed by atoms with van der Waals surface area (Å²) in [7, 11) is 0. The second kappa shape index (κ2) is 6.85. The molecule has 0 radical (unpaired) electrons. The van der Waals surface area contributed by atoms with Crippen molar-refractivity contribution >= 4 is 33.8 Å². The minimum atomic E-state index is -0.455. The first-order chi connectivity index (χ1) is 10.0. The second-order valence-corrected chi connectivity index (χ2v) is 5.66. The van der Waals surface area contributed by atoms with Crippen LogP contribution in [-0.2, 0) is 9.59 Å². The maximum absolute atomic E-state index is 13.6. The van der Waals surface area contributed by atoms with Crippen molar-refractivity contribution in [3.8, 4) is 0 Å². The summed E-state index contributed by atoms with van der Waals surface area (Å²) >= 11 is 3.26. The first-order valence-corrected chi connectivity index (χ1v) is 7.53. The van der Waals surface area contributed by atoms with E-state index in [1.165, 1.54) is 23.1 Å². The molecule has 1 atom stereocenters. The molecule has 1 aliphatic heterocycles. The molecule has 21 heavy (non-hydrogen) atoms. The lowest BCUT2D eigenvalue weighted by Crippen LogP contribution is -2.56. The standard InChI is InChI=1S/C15H16BrFN2O2/c1-2-13-15(21)18-7-8-19(13)14(20)6-3-10-9-11(16)4-5-12(10)17/h3-6,9,13H,2,7-8H2,1H3,(H,18,21). The Morgan fingerprint density at radius 3 is 3.05 bits per heavy atom. The van der Waals surface area contributed by atoms with Gasteiger partial charge >= 0.3 is 0 Å². The van der Waals surface area contributed by atoms with E-state index in [2.05, 4.69) is 21.2 Å². The number of nitrogens with one attached hydrogen (secondary N) is 1. The van der Waals surface area contributed by atoms with Gasteiger partial charge in [-0.25, -0.2) is 4.39 Å². The topological polar surface area (TPSA) is 49.4 Å². The van der Waals surface area contributed by atoms with Gasteiger partial charge in [-0.15, -0.1) is 0 Å². The highest BCUT2D eigenvalue weighted by atomic mass is 79.9. The highest BCUT2D eigenvalue weighted by molar-refractivity contribution is 9.10. The number of carbonyl (C=O) groups is 2. The van der Waals surface area contributed by atoms with Crippen molar-refractivity contribution in [1.82, 2.24) is 10.2 Å². The summed E-state index contributed by atoms with van der Waals surface area (Å²) in [5.74, 6) is -0.819. The van der Waals surface area contributed by atoms with Gasteiger partial charge in [0.25, 0.3) is 0 Å². The van der Waals surface area contributed by atoms with Crippen molar-refractivity contribution in [3.63, 3.8) is 0 Å². The van der Waals surface area contributed by atoms with Gasteiger partial charge in [0.05, 0.1) is 0 Å².